The molecular formula is C11H20Cl2N4. The van der Waals surface area contributed by atoms with Crippen LogP contribution in [0.2, 0.25) is 0 Å². The van der Waals surface area contributed by atoms with Gasteiger partial charge in [-0.05, 0) is 31.8 Å². The van der Waals surface area contributed by atoms with E-state index in [0.717, 1.165) is 36.9 Å². The van der Waals surface area contributed by atoms with Gasteiger partial charge in [-0.3, -0.25) is 0 Å². The third-order valence-corrected chi connectivity index (χ3v) is 2.83. The molecule has 0 amide bonds. The molecule has 1 fully saturated rings. The first-order valence-electron chi connectivity index (χ1n) is 5.44. The summed E-state index contributed by atoms with van der Waals surface area (Å²) in [5, 5.41) is 3.38. The van der Waals surface area contributed by atoms with Crippen molar-refractivity contribution in [3.05, 3.63) is 18.1 Å². The lowest BCUT2D eigenvalue weighted by atomic mass is 10.0. The molecule has 17 heavy (non-hydrogen) atoms. The van der Waals surface area contributed by atoms with Crippen molar-refractivity contribution in [2.45, 2.75) is 12.8 Å². The maximum absolute atomic E-state index is 4.32. The first kappa shape index (κ1) is 16.4. The molecule has 0 saturated carbocycles. The van der Waals surface area contributed by atoms with Crippen LogP contribution in [-0.2, 0) is 6.42 Å². The Balaban J connectivity index is 0.00000128. The maximum atomic E-state index is 4.32. The van der Waals surface area contributed by atoms with Gasteiger partial charge in [0.15, 0.2) is 0 Å². The van der Waals surface area contributed by atoms with Crippen LogP contribution in [0.1, 0.15) is 12.1 Å². The molecule has 0 bridgehead atoms. The molecule has 0 radical (unpaired) electrons. The highest BCUT2D eigenvalue weighted by atomic mass is 35.5. The lowest BCUT2D eigenvalue weighted by Gasteiger charge is -2.13. The van der Waals surface area contributed by atoms with Crippen LogP contribution in [0.5, 0.6) is 0 Å². The lowest BCUT2D eigenvalue weighted by molar-refractivity contribution is 0.571. The van der Waals surface area contributed by atoms with E-state index in [9.17, 15) is 0 Å². The highest BCUT2D eigenvalue weighted by molar-refractivity contribution is 5.85. The van der Waals surface area contributed by atoms with E-state index in [1.807, 2.05) is 19.0 Å². The van der Waals surface area contributed by atoms with E-state index in [4.69, 9.17) is 0 Å². The van der Waals surface area contributed by atoms with Crippen molar-refractivity contribution in [2.24, 2.45) is 5.92 Å². The summed E-state index contributed by atoms with van der Waals surface area (Å²) in [7, 11) is 4.01. The molecule has 98 valence electrons. The number of hydrogen-bond acceptors (Lipinski definition) is 4. The molecule has 1 aromatic rings. The molecule has 1 aromatic heterocycles. The van der Waals surface area contributed by atoms with Crippen LogP contribution < -0.4 is 10.2 Å². The molecule has 1 saturated heterocycles. The summed E-state index contributed by atoms with van der Waals surface area (Å²) in [5.74, 6) is 1.74. The van der Waals surface area contributed by atoms with E-state index in [-0.39, 0.29) is 24.8 Å². The fourth-order valence-corrected chi connectivity index (χ4v) is 1.93. The standard InChI is InChI=1S/C11H18N4.2ClH/c1-15(2)11-6-10(13-8-14-11)5-9-3-4-12-7-9;;/h6,8-9,12H,3-5,7H2,1-2H3;2*1H. The predicted molar refractivity (Wildman–Crippen MR) is 75.5 cm³/mol. The molecule has 4 nitrogen and oxygen atoms in total. The highest BCUT2D eigenvalue weighted by Crippen LogP contribution is 2.15. The van der Waals surface area contributed by atoms with Crippen molar-refractivity contribution in [2.75, 3.05) is 32.1 Å². The number of nitrogens with one attached hydrogen (secondary N) is 1. The average molecular weight is 279 g/mol. The van der Waals surface area contributed by atoms with Crippen LogP contribution in [-0.4, -0.2) is 37.2 Å². The predicted octanol–water partition coefficient (Wildman–Crippen LogP) is 1.54. The Morgan fingerprint density at radius 2 is 2.12 bits per heavy atom. The third-order valence-electron chi connectivity index (χ3n) is 2.83. The van der Waals surface area contributed by atoms with Gasteiger partial charge in [0.25, 0.3) is 0 Å². The summed E-state index contributed by atoms with van der Waals surface area (Å²) in [5.41, 5.74) is 1.16. The van der Waals surface area contributed by atoms with Crippen molar-refractivity contribution in [1.29, 1.82) is 0 Å². The van der Waals surface area contributed by atoms with E-state index < -0.39 is 0 Å². The van der Waals surface area contributed by atoms with Crippen LogP contribution in [0.4, 0.5) is 5.82 Å². The van der Waals surface area contributed by atoms with Crippen LogP contribution in [0, 0.1) is 5.92 Å². The van der Waals surface area contributed by atoms with E-state index in [2.05, 4.69) is 21.4 Å². The van der Waals surface area contributed by atoms with E-state index in [1.165, 1.54) is 6.42 Å². The minimum atomic E-state index is 0. The van der Waals surface area contributed by atoms with Gasteiger partial charge in [0.2, 0.25) is 0 Å². The van der Waals surface area contributed by atoms with Gasteiger partial charge in [-0.25, -0.2) is 9.97 Å². The average Bonchev–Trinajstić information content (AvgIpc) is 2.71. The molecule has 0 spiro atoms. The first-order chi connectivity index (χ1) is 7.25. The highest BCUT2D eigenvalue weighted by Gasteiger charge is 2.15. The summed E-state index contributed by atoms with van der Waals surface area (Å²) < 4.78 is 0. The van der Waals surface area contributed by atoms with Crippen molar-refractivity contribution < 1.29 is 0 Å². The normalized spacial score (nSPS) is 18.1. The Bertz CT molecular complexity index is 327. The molecule has 1 aliphatic heterocycles. The van der Waals surface area contributed by atoms with Gasteiger partial charge in [-0.2, -0.15) is 0 Å². The molecule has 1 aliphatic rings. The molecule has 2 rings (SSSR count). The number of aromatic nitrogens is 2. The van der Waals surface area contributed by atoms with Crippen molar-refractivity contribution >= 4 is 30.6 Å². The summed E-state index contributed by atoms with van der Waals surface area (Å²) in [6, 6.07) is 2.08. The topological polar surface area (TPSA) is 41.0 Å². The fraction of sp³-hybridized carbons (Fsp3) is 0.636. The molecule has 1 N–H and O–H groups in total. The Morgan fingerprint density at radius 3 is 2.71 bits per heavy atom. The maximum Gasteiger partial charge on any atom is 0.131 e. The second kappa shape index (κ2) is 7.69. The summed E-state index contributed by atoms with van der Waals surface area (Å²) in [6.07, 6.45) is 3.99. The van der Waals surface area contributed by atoms with E-state index in [1.54, 1.807) is 6.33 Å². The zero-order valence-corrected chi connectivity index (χ0v) is 11.9. The van der Waals surface area contributed by atoms with Crippen LogP contribution in [0.25, 0.3) is 0 Å². The number of anilines is 1. The van der Waals surface area contributed by atoms with Gasteiger partial charge in [-0.15, -0.1) is 24.8 Å². The van der Waals surface area contributed by atoms with Gasteiger partial charge < -0.3 is 10.2 Å². The number of hydrogen-bond donors (Lipinski definition) is 1. The minimum Gasteiger partial charge on any atom is -0.363 e. The SMILES string of the molecule is CN(C)c1cc(CC2CCNC2)ncn1.Cl.Cl. The largest absolute Gasteiger partial charge is 0.363 e. The Kier molecular flexibility index (Phi) is 7.43. The second-order valence-electron chi connectivity index (χ2n) is 4.32. The zero-order valence-electron chi connectivity index (χ0n) is 10.2. The van der Waals surface area contributed by atoms with Crippen molar-refractivity contribution in [3.8, 4) is 0 Å². The van der Waals surface area contributed by atoms with Gasteiger partial charge in [0.1, 0.15) is 12.1 Å². The Labute approximate surface area is 115 Å². The van der Waals surface area contributed by atoms with Crippen LogP contribution >= 0.6 is 24.8 Å². The molecule has 0 aliphatic carbocycles. The van der Waals surface area contributed by atoms with Gasteiger partial charge in [-0.1, -0.05) is 0 Å². The van der Waals surface area contributed by atoms with Gasteiger partial charge in [0, 0.05) is 25.9 Å². The number of halogens is 2. The Morgan fingerprint density at radius 1 is 1.35 bits per heavy atom. The first-order valence-corrected chi connectivity index (χ1v) is 5.44. The van der Waals surface area contributed by atoms with E-state index in [0.29, 0.717) is 0 Å². The van der Waals surface area contributed by atoms with Crippen LogP contribution in [0.15, 0.2) is 12.4 Å². The molecular weight excluding hydrogens is 259 g/mol. The quantitative estimate of drug-likeness (QED) is 0.911. The summed E-state index contributed by atoms with van der Waals surface area (Å²) in [4.78, 5) is 10.5. The number of nitrogens with zero attached hydrogens (tertiary/aromatic N) is 3. The second-order valence-corrected chi connectivity index (χ2v) is 4.32. The monoisotopic (exact) mass is 278 g/mol. The van der Waals surface area contributed by atoms with Gasteiger partial charge >= 0.3 is 0 Å². The van der Waals surface area contributed by atoms with Gasteiger partial charge in [0.05, 0.1) is 0 Å². The zero-order chi connectivity index (χ0) is 10.7. The van der Waals surface area contributed by atoms with Crippen molar-refractivity contribution in [1.82, 2.24) is 15.3 Å². The molecule has 0 aromatic carbocycles. The summed E-state index contributed by atoms with van der Waals surface area (Å²) >= 11 is 0. The fourth-order valence-electron chi connectivity index (χ4n) is 1.93. The summed E-state index contributed by atoms with van der Waals surface area (Å²) in [6.45, 7) is 2.28. The Hall–Kier alpha value is -0.580. The van der Waals surface area contributed by atoms with Crippen molar-refractivity contribution in [3.63, 3.8) is 0 Å². The molecule has 6 heteroatoms. The third kappa shape index (κ3) is 4.66. The minimum absolute atomic E-state index is 0. The molecule has 2 heterocycles. The number of rotatable bonds is 3. The lowest BCUT2D eigenvalue weighted by Crippen LogP contribution is -2.14. The smallest absolute Gasteiger partial charge is 0.131 e. The van der Waals surface area contributed by atoms with Crippen LogP contribution in [0.3, 0.4) is 0 Å². The molecule has 1 unspecified atom stereocenters. The molecule has 1 atom stereocenters. The van der Waals surface area contributed by atoms with E-state index >= 15 is 0 Å².